The van der Waals surface area contributed by atoms with Crippen LogP contribution in [0.2, 0.25) is 5.02 Å². The second-order valence-corrected chi connectivity index (χ2v) is 5.48. The minimum absolute atomic E-state index is 0.140. The highest BCUT2D eigenvalue weighted by Gasteiger charge is 2.19. The van der Waals surface area contributed by atoms with Crippen molar-refractivity contribution in [2.75, 3.05) is 0 Å². The maximum atomic E-state index is 13.8. The van der Waals surface area contributed by atoms with Crippen LogP contribution in [0.4, 0.5) is 4.39 Å². The molecule has 1 heterocycles. The summed E-state index contributed by atoms with van der Waals surface area (Å²) in [6.07, 6.45) is 7.38. The maximum Gasteiger partial charge on any atom is 0.169 e. The molecule has 2 nitrogen and oxygen atoms in total. The molecule has 0 bridgehead atoms. The van der Waals surface area contributed by atoms with Gasteiger partial charge in [-0.2, -0.15) is 0 Å². The first-order chi connectivity index (χ1) is 8.75. The molecule has 1 aromatic carbocycles. The molecule has 0 atom stereocenters. The first kappa shape index (κ1) is 12.0. The fourth-order valence-corrected chi connectivity index (χ4v) is 2.94. The summed E-state index contributed by atoms with van der Waals surface area (Å²) in [5.41, 5.74) is 1.12. The third-order valence-electron chi connectivity index (χ3n) is 3.81. The SMILES string of the molecule is Fc1c(Cl)ccc2[nH]c(C3CCCCCC3)nc12. The van der Waals surface area contributed by atoms with Crippen LogP contribution in [0.5, 0.6) is 0 Å². The van der Waals surface area contributed by atoms with Crippen LogP contribution in [0, 0.1) is 5.82 Å². The summed E-state index contributed by atoms with van der Waals surface area (Å²) in [5.74, 6) is 0.955. The zero-order chi connectivity index (χ0) is 12.5. The van der Waals surface area contributed by atoms with Crippen LogP contribution >= 0.6 is 11.6 Å². The number of hydrogen-bond donors (Lipinski definition) is 1. The number of aromatic amines is 1. The van der Waals surface area contributed by atoms with E-state index in [0.717, 1.165) is 24.2 Å². The predicted molar refractivity (Wildman–Crippen MR) is 71.5 cm³/mol. The van der Waals surface area contributed by atoms with E-state index in [9.17, 15) is 4.39 Å². The first-order valence-electron chi connectivity index (χ1n) is 6.59. The van der Waals surface area contributed by atoms with E-state index in [1.165, 1.54) is 25.7 Å². The summed E-state index contributed by atoms with van der Waals surface area (Å²) in [6.45, 7) is 0. The quantitative estimate of drug-likeness (QED) is 0.739. The van der Waals surface area contributed by atoms with Gasteiger partial charge in [-0.1, -0.05) is 37.3 Å². The lowest BCUT2D eigenvalue weighted by molar-refractivity contribution is 0.566. The molecule has 0 aliphatic heterocycles. The lowest BCUT2D eigenvalue weighted by atomic mass is 10.00. The van der Waals surface area contributed by atoms with Crippen LogP contribution in [0.1, 0.15) is 50.3 Å². The van der Waals surface area contributed by atoms with Crippen LogP contribution in [0.25, 0.3) is 11.0 Å². The zero-order valence-corrected chi connectivity index (χ0v) is 10.9. The monoisotopic (exact) mass is 266 g/mol. The molecular weight excluding hydrogens is 251 g/mol. The smallest absolute Gasteiger partial charge is 0.169 e. The van der Waals surface area contributed by atoms with Crippen molar-refractivity contribution in [2.45, 2.75) is 44.4 Å². The molecule has 2 aromatic rings. The van der Waals surface area contributed by atoms with Crippen molar-refractivity contribution in [2.24, 2.45) is 0 Å². The Morgan fingerprint density at radius 3 is 2.61 bits per heavy atom. The molecule has 1 saturated carbocycles. The first-order valence-corrected chi connectivity index (χ1v) is 6.97. The normalized spacial score (nSPS) is 18.1. The van der Waals surface area contributed by atoms with Crippen LogP contribution in [-0.4, -0.2) is 9.97 Å². The molecule has 0 unspecified atom stereocenters. The highest BCUT2D eigenvalue weighted by atomic mass is 35.5. The molecule has 0 radical (unpaired) electrons. The molecule has 1 fully saturated rings. The fraction of sp³-hybridized carbons (Fsp3) is 0.500. The van der Waals surface area contributed by atoms with Gasteiger partial charge in [0.1, 0.15) is 11.3 Å². The predicted octanol–water partition coefficient (Wildman–Crippen LogP) is 4.79. The van der Waals surface area contributed by atoms with Gasteiger partial charge in [-0.15, -0.1) is 0 Å². The second kappa shape index (κ2) is 4.88. The zero-order valence-electron chi connectivity index (χ0n) is 10.2. The minimum atomic E-state index is -0.412. The van der Waals surface area contributed by atoms with Crippen molar-refractivity contribution in [3.8, 4) is 0 Å². The molecule has 3 rings (SSSR count). The average molecular weight is 267 g/mol. The summed E-state index contributed by atoms with van der Waals surface area (Å²) in [4.78, 5) is 7.67. The van der Waals surface area contributed by atoms with E-state index in [0.29, 0.717) is 11.4 Å². The fourth-order valence-electron chi connectivity index (χ4n) is 2.78. The number of nitrogens with one attached hydrogen (secondary N) is 1. The Morgan fingerprint density at radius 2 is 1.89 bits per heavy atom. The minimum Gasteiger partial charge on any atom is -0.342 e. The second-order valence-electron chi connectivity index (χ2n) is 5.07. The van der Waals surface area contributed by atoms with Crippen LogP contribution < -0.4 is 0 Å². The summed E-state index contributed by atoms with van der Waals surface area (Å²) < 4.78 is 13.8. The molecule has 1 aromatic heterocycles. The highest BCUT2D eigenvalue weighted by molar-refractivity contribution is 6.31. The Hall–Kier alpha value is -1.09. The summed E-state index contributed by atoms with van der Waals surface area (Å²) in [5, 5.41) is 0.140. The Bertz CT molecular complexity index is 556. The Balaban J connectivity index is 1.99. The molecule has 4 heteroatoms. The summed E-state index contributed by atoms with van der Waals surface area (Å²) in [7, 11) is 0. The van der Waals surface area contributed by atoms with E-state index < -0.39 is 5.82 Å². The lowest BCUT2D eigenvalue weighted by Gasteiger charge is -2.09. The van der Waals surface area contributed by atoms with Crippen molar-refractivity contribution in [3.63, 3.8) is 0 Å². The van der Waals surface area contributed by atoms with Crippen molar-refractivity contribution in [1.82, 2.24) is 9.97 Å². The average Bonchev–Trinajstić information content (AvgIpc) is 2.62. The number of imidazole rings is 1. The van der Waals surface area contributed by atoms with Gasteiger partial charge in [0, 0.05) is 5.92 Å². The van der Waals surface area contributed by atoms with Gasteiger partial charge in [-0.25, -0.2) is 9.37 Å². The van der Waals surface area contributed by atoms with E-state index in [1.54, 1.807) is 12.1 Å². The molecular formula is C14H16ClFN2. The van der Waals surface area contributed by atoms with Gasteiger partial charge in [0.15, 0.2) is 5.82 Å². The molecule has 0 amide bonds. The number of nitrogens with zero attached hydrogens (tertiary/aromatic N) is 1. The third kappa shape index (κ3) is 2.12. The van der Waals surface area contributed by atoms with Crippen molar-refractivity contribution >= 4 is 22.6 Å². The summed E-state index contributed by atoms with van der Waals surface area (Å²) >= 11 is 5.78. The maximum absolute atomic E-state index is 13.8. The Kier molecular flexibility index (Phi) is 3.25. The van der Waals surface area contributed by atoms with E-state index in [4.69, 9.17) is 11.6 Å². The number of benzene rings is 1. The molecule has 18 heavy (non-hydrogen) atoms. The molecule has 1 aliphatic carbocycles. The molecule has 1 aliphatic rings. The van der Waals surface area contributed by atoms with Crippen LogP contribution in [0.3, 0.4) is 0 Å². The molecule has 96 valence electrons. The number of hydrogen-bond acceptors (Lipinski definition) is 1. The summed E-state index contributed by atoms with van der Waals surface area (Å²) in [6, 6.07) is 3.38. The van der Waals surface area contributed by atoms with Gasteiger partial charge in [0.25, 0.3) is 0 Å². The van der Waals surface area contributed by atoms with Gasteiger partial charge >= 0.3 is 0 Å². The van der Waals surface area contributed by atoms with E-state index >= 15 is 0 Å². The number of fused-ring (bicyclic) bond motifs is 1. The number of halogens is 2. The molecule has 1 N–H and O–H groups in total. The number of aromatic nitrogens is 2. The number of rotatable bonds is 1. The largest absolute Gasteiger partial charge is 0.342 e. The highest BCUT2D eigenvalue weighted by Crippen LogP contribution is 2.32. The van der Waals surface area contributed by atoms with Crippen molar-refractivity contribution < 1.29 is 4.39 Å². The van der Waals surface area contributed by atoms with E-state index in [-0.39, 0.29) is 5.02 Å². The van der Waals surface area contributed by atoms with Gasteiger partial charge in [0.05, 0.1) is 10.5 Å². The standard InChI is InChI=1S/C14H16ClFN2/c15-10-7-8-11-13(12(10)16)18-14(17-11)9-5-3-1-2-4-6-9/h7-9H,1-6H2,(H,17,18). The van der Waals surface area contributed by atoms with Gasteiger partial charge in [0.2, 0.25) is 0 Å². The van der Waals surface area contributed by atoms with Gasteiger partial charge in [-0.3, -0.25) is 0 Å². The van der Waals surface area contributed by atoms with E-state index in [2.05, 4.69) is 9.97 Å². The van der Waals surface area contributed by atoms with Crippen LogP contribution in [-0.2, 0) is 0 Å². The molecule has 0 spiro atoms. The van der Waals surface area contributed by atoms with Crippen molar-refractivity contribution in [1.29, 1.82) is 0 Å². The third-order valence-corrected chi connectivity index (χ3v) is 4.10. The molecule has 0 saturated heterocycles. The van der Waals surface area contributed by atoms with Gasteiger partial charge in [-0.05, 0) is 25.0 Å². The van der Waals surface area contributed by atoms with Gasteiger partial charge < -0.3 is 4.98 Å². The van der Waals surface area contributed by atoms with Crippen molar-refractivity contribution in [3.05, 3.63) is 28.8 Å². The Labute approximate surface area is 111 Å². The Morgan fingerprint density at radius 1 is 1.17 bits per heavy atom. The lowest BCUT2D eigenvalue weighted by Crippen LogP contribution is -1.99. The van der Waals surface area contributed by atoms with Crippen LogP contribution in [0.15, 0.2) is 12.1 Å². The number of H-pyrrole nitrogens is 1. The topological polar surface area (TPSA) is 28.7 Å². The van der Waals surface area contributed by atoms with E-state index in [1.807, 2.05) is 0 Å².